The number of fused-ring (bicyclic) bond motifs is 1. The number of sulfonamides is 1. The highest BCUT2D eigenvalue weighted by Crippen LogP contribution is 2.26. The number of benzene rings is 3. The molecule has 6 nitrogen and oxygen atoms in total. The topological polar surface area (TPSA) is 79.4 Å². The zero-order valence-corrected chi connectivity index (χ0v) is 19.8. The van der Waals surface area contributed by atoms with Crippen molar-refractivity contribution >= 4 is 54.8 Å². The van der Waals surface area contributed by atoms with E-state index < -0.39 is 15.9 Å². The lowest BCUT2D eigenvalue weighted by atomic mass is 10.1. The van der Waals surface area contributed by atoms with Gasteiger partial charge in [-0.15, -0.1) is 11.3 Å². The third kappa shape index (κ3) is 4.68. The number of carbonyl (C=O) groups is 1. The van der Waals surface area contributed by atoms with Gasteiger partial charge in [-0.3, -0.25) is 4.79 Å². The van der Waals surface area contributed by atoms with Crippen molar-refractivity contribution in [2.24, 2.45) is 0 Å². The normalized spacial score (nSPS) is 11.8. The van der Waals surface area contributed by atoms with Crippen LogP contribution in [0.25, 0.3) is 10.2 Å². The minimum Gasteiger partial charge on any atom is -0.322 e. The second kappa shape index (κ2) is 8.99. The Bertz CT molecular complexity index is 1360. The van der Waals surface area contributed by atoms with Gasteiger partial charge in [0, 0.05) is 31.8 Å². The summed E-state index contributed by atoms with van der Waals surface area (Å²) in [6.45, 7) is 0. The first-order chi connectivity index (χ1) is 15.2. The summed E-state index contributed by atoms with van der Waals surface area (Å²) in [5.74, 6) is -0.421. The number of halogens is 1. The fraction of sp³-hybridized carbons (Fsp3) is 0.130. The van der Waals surface area contributed by atoms with Crippen molar-refractivity contribution in [1.29, 1.82) is 0 Å². The quantitative estimate of drug-likeness (QED) is 0.414. The van der Waals surface area contributed by atoms with Crippen LogP contribution in [0.15, 0.2) is 71.6 Å². The molecule has 9 heteroatoms. The predicted octanol–water partition coefficient (Wildman–Crippen LogP) is 5.04. The summed E-state index contributed by atoms with van der Waals surface area (Å²) in [4.78, 5) is 17.2. The van der Waals surface area contributed by atoms with E-state index in [0.717, 1.165) is 25.1 Å². The van der Waals surface area contributed by atoms with Gasteiger partial charge < -0.3 is 5.32 Å². The van der Waals surface area contributed by atoms with Crippen LogP contribution in [0.3, 0.4) is 0 Å². The average molecular weight is 486 g/mol. The highest BCUT2D eigenvalue weighted by atomic mass is 35.5. The smallest absolute Gasteiger partial charge is 0.255 e. The van der Waals surface area contributed by atoms with Crippen LogP contribution in [-0.4, -0.2) is 37.7 Å². The van der Waals surface area contributed by atoms with E-state index in [1.165, 1.54) is 32.3 Å². The summed E-state index contributed by atoms with van der Waals surface area (Å²) < 4.78 is 27.1. The van der Waals surface area contributed by atoms with E-state index in [1.54, 1.807) is 11.3 Å². The molecule has 0 saturated heterocycles. The van der Waals surface area contributed by atoms with Crippen molar-refractivity contribution in [3.05, 3.63) is 87.9 Å². The van der Waals surface area contributed by atoms with Gasteiger partial charge >= 0.3 is 0 Å². The van der Waals surface area contributed by atoms with Crippen molar-refractivity contribution in [2.45, 2.75) is 11.3 Å². The molecule has 0 aliphatic rings. The van der Waals surface area contributed by atoms with Crippen LogP contribution in [0.5, 0.6) is 0 Å². The van der Waals surface area contributed by atoms with Crippen molar-refractivity contribution in [3.8, 4) is 0 Å². The highest BCUT2D eigenvalue weighted by Gasteiger charge is 2.22. The van der Waals surface area contributed by atoms with Gasteiger partial charge in [0.1, 0.15) is 4.90 Å². The first kappa shape index (κ1) is 22.4. The lowest BCUT2D eigenvalue weighted by molar-refractivity contribution is 0.102. The molecule has 1 amide bonds. The van der Waals surface area contributed by atoms with Crippen LogP contribution >= 0.6 is 22.9 Å². The largest absolute Gasteiger partial charge is 0.322 e. The molecule has 1 heterocycles. The number of amides is 1. The lowest BCUT2D eigenvalue weighted by Gasteiger charge is -2.14. The predicted molar refractivity (Wildman–Crippen MR) is 129 cm³/mol. The number of anilines is 1. The van der Waals surface area contributed by atoms with E-state index in [2.05, 4.69) is 16.4 Å². The van der Waals surface area contributed by atoms with Crippen LogP contribution in [-0.2, 0) is 16.4 Å². The van der Waals surface area contributed by atoms with Crippen LogP contribution in [0.2, 0.25) is 5.02 Å². The Balaban J connectivity index is 1.48. The molecular formula is C23H20ClN3O3S2. The maximum atomic E-state index is 12.7. The van der Waals surface area contributed by atoms with Gasteiger partial charge in [0.15, 0.2) is 0 Å². The molecule has 32 heavy (non-hydrogen) atoms. The van der Waals surface area contributed by atoms with Gasteiger partial charge in [-0.2, -0.15) is 0 Å². The highest BCUT2D eigenvalue weighted by molar-refractivity contribution is 7.89. The molecule has 164 valence electrons. The molecule has 0 saturated carbocycles. The number of thiazole rings is 1. The van der Waals surface area contributed by atoms with E-state index in [-0.39, 0.29) is 15.5 Å². The number of nitrogens with zero attached hydrogens (tertiary/aromatic N) is 2. The Morgan fingerprint density at radius 2 is 1.78 bits per heavy atom. The SMILES string of the molecule is CN(C)S(=O)(=O)c1cc(C(=O)Nc2ccc(Cc3nc4ccccc4s3)cc2)ccc1Cl. The molecule has 0 unspecified atom stereocenters. The fourth-order valence-corrected chi connectivity index (χ4v) is 5.51. The zero-order valence-electron chi connectivity index (χ0n) is 17.4. The molecule has 0 radical (unpaired) electrons. The number of para-hydroxylation sites is 1. The first-order valence-electron chi connectivity index (χ1n) is 9.71. The summed E-state index contributed by atoms with van der Waals surface area (Å²) in [6.07, 6.45) is 0.705. The average Bonchev–Trinajstić information content (AvgIpc) is 3.17. The van der Waals surface area contributed by atoms with E-state index in [9.17, 15) is 13.2 Å². The fourth-order valence-electron chi connectivity index (χ4n) is 3.12. The molecule has 0 fully saturated rings. The monoisotopic (exact) mass is 485 g/mol. The molecule has 0 bridgehead atoms. The molecule has 0 spiro atoms. The van der Waals surface area contributed by atoms with E-state index in [0.29, 0.717) is 12.1 Å². The Labute approximate surface area is 195 Å². The van der Waals surface area contributed by atoms with Crippen LogP contribution in [0, 0.1) is 0 Å². The standard InChI is InChI=1S/C23H20ClN3O3S2/c1-27(2)32(29,30)21-14-16(9-12-18(21)24)23(28)25-17-10-7-15(8-11-17)13-22-26-19-5-3-4-6-20(19)31-22/h3-12,14H,13H2,1-2H3,(H,25,28). The van der Waals surface area contributed by atoms with Crippen LogP contribution in [0.4, 0.5) is 5.69 Å². The number of hydrogen-bond acceptors (Lipinski definition) is 5. The summed E-state index contributed by atoms with van der Waals surface area (Å²) >= 11 is 7.72. The summed E-state index contributed by atoms with van der Waals surface area (Å²) in [7, 11) is -0.943. The number of hydrogen-bond donors (Lipinski definition) is 1. The maximum Gasteiger partial charge on any atom is 0.255 e. The first-order valence-corrected chi connectivity index (χ1v) is 12.3. The van der Waals surface area contributed by atoms with Crippen LogP contribution in [0.1, 0.15) is 20.9 Å². The van der Waals surface area contributed by atoms with Crippen molar-refractivity contribution in [2.75, 3.05) is 19.4 Å². The van der Waals surface area contributed by atoms with Gasteiger partial charge in [-0.1, -0.05) is 35.9 Å². The zero-order chi connectivity index (χ0) is 22.9. The number of rotatable bonds is 6. The Morgan fingerprint density at radius 3 is 2.47 bits per heavy atom. The van der Waals surface area contributed by atoms with Gasteiger partial charge in [0.25, 0.3) is 5.91 Å². The third-order valence-electron chi connectivity index (χ3n) is 4.86. The molecule has 4 aromatic rings. The van der Waals surface area contributed by atoms with E-state index in [4.69, 9.17) is 11.6 Å². The number of aromatic nitrogens is 1. The van der Waals surface area contributed by atoms with Crippen molar-refractivity contribution in [3.63, 3.8) is 0 Å². The maximum absolute atomic E-state index is 12.7. The molecule has 4 rings (SSSR count). The second-order valence-corrected chi connectivity index (χ2v) is 11.0. The minimum absolute atomic E-state index is 0.0643. The summed E-state index contributed by atoms with van der Waals surface area (Å²) in [5.41, 5.74) is 2.88. The molecule has 0 atom stereocenters. The molecular weight excluding hydrogens is 466 g/mol. The van der Waals surface area contributed by atoms with Crippen LogP contribution < -0.4 is 5.32 Å². The number of nitrogens with one attached hydrogen (secondary N) is 1. The Kier molecular flexibility index (Phi) is 6.30. The lowest BCUT2D eigenvalue weighted by Crippen LogP contribution is -2.23. The Hall–Kier alpha value is -2.78. The minimum atomic E-state index is -3.77. The molecule has 1 N–H and O–H groups in total. The molecule has 1 aromatic heterocycles. The Morgan fingerprint density at radius 1 is 1.06 bits per heavy atom. The third-order valence-corrected chi connectivity index (χ3v) is 8.19. The summed E-state index contributed by atoms with van der Waals surface area (Å²) in [6, 6.07) is 19.7. The number of carbonyl (C=O) groups excluding carboxylic acids is 1. The molecule has 0 aliphatic carbocycles. The molecule has 3 aromatic carbocycles. The van der Waals surface area contributed by atoms with Gasteiger partial charge in [0.2, 0.25) is 10.0 Å². The van der Waals surface area contributed by atoms with E-state index >= 15 is 0 Å². The summed E-state index contributed by atoms with van der Waals surface area (Å²) in [5, 5.41) is 3.89. The van der Waals surface area contributed by atoms with Gasteiger partial charge in [-0.25, -0.2) is 17.7 Å². The molecule has 0 aliphatic heterocycles. The van der Waals surface area contributed by atoms with Crippen molar-refractivity contribution in [1.82, 2.24) is 9.29 Å². The second-order valence-electron chi connectivity index (χ2n) is 7.34. The van der Waals surface area contributed by atoms with E-state index in [1.807, 2.05) is 42.5 Å². The van der Waals surface area contributed by atoms with Gasteiger partial charge in [-0.05, 0) is 48.0 Å². The van der Waals surface area contributed by atoms with Gasteiger partial charge in [0.05, 0.1) is 20.2 Å². The van der Waals surface area contributed by atoms with Crippen molar-refractivity contribution < 1.29 is 13.2 Å².